The second kappa shape index (κ2) is 4.39. The molecule has 5 nitrogen and oxygen atoms in total. The van der Waals surface area contributed by atoms with Crippen LogP contribution in [0.5, 0.6) is 5.75 Å². The van der Waals surface area contributed by atoms with Gasteiger partial charge in [0.1, 0.15) is 0 Å². The van der Waals surface area contributed by atoms with Crippen LogP contribution < -0.4 is 5.73 Å². The van der Waals surface area contributed by atoms with Crippen LogP contribution in [-0.4, -0.2) is 16.6 Å². The van der Waals surface area contributed by atoms with Crippen molar-refractivity contribution in [2.24, 2.45) is 5.73 Å². The third kappa shape index (κ3) is 2.42. The summed E-state index contributed by atoms with van der Waals surface area (Å²) in [5.74, 6) is 2.80. The van der Waals surface area contributed by atoms with Crippen LogP contribution in [-0.2, 0) is 0 Å². The number of nitrogens with zero attached hydrogens (tertiary/aromatic N) is 1. The lowest BCUT2D eigenvalue weighted by Gasteiger charge is -1.98. The molecule has 78 valence electrons. The number of rotatable bonds is 1. The molecule has 0 bridgehead atoms. The second-order valence-corrected chi connectivity index (χ2v) is 2.59. The topological polar surface area (TPSA) is 89.4 Å². The molecule has 0 saturated heterocycles. The first-order valence-electron chi connectivity index (χ1n) is 3.92. The van der Waals surface area contributed by atoms with Crippen LogP contribution in [0.4, 0.5) is 10.1 Å². The number of nitro benzene ring substituents is 1. The molecule has 0 aliphatic rings. The Balaban J connectivity index is 3.29. The van der Waals surface area contributed by atoms with Crippen LogP contribution in [0, 0.1) is 27.8 Å². The fourth-order valence-corrected chi connectivity index (χ4v) is 0.949. The molecule has 6 heteroatoms. The summed E-state index contributed by atoms with van der Waals surface area (Å²) in [6, 6.07) is 1.89. The molecule has 0 radical (unpaired) electrons. The highest BCUT2D eigenvalue weighted by Crippen LogP contribution is 2.29. The molecule has 0 unspecified atom stereocenters. The summed E-state index contributed by atoms with van der Waals surface area (Å²) in [6.45, 7) is 0.0658. The number of hydrogen-bond donors (Lipinski definition) is 2. The summed E-state index contributed by atoms with van der Waals surface area (Å²) in [5.41, 5.74) is 4.48. The summed E-state index contributed by atoms with van der Waals surface area (Å²) in [7, 11) is 0. The molecule has 15 heavy (non-hydrogen) atoms. The average molecular weight is 210 g/mol. The van der Waals surface area contributed by atoms with E-state index in [1.807, 2.05) is 0 Å². The van der Waals surface area contributed by atoms with Crippen molar-refractivity contribution in [3.8, 4) is 17.6 Å². The van der Waals surface area contributed by atoms with Gasteiger partial charge in [0, 0.05) is 11.6 Å². The van der Waals surface area contributed by atoms with Crippen molar-refractivity contribution in [2.45, 2.75) is 0 Å². The summed E-state index contributed by atoms with van der Waals surface area (Å²) in [6.07, 6.45) is 0. The van der Waals surface area contributed by atoms with Crippen molar-refractivity contribution in [3.63, 3.8) is 0 Å². The van der Waals surface area contributed by atoms with Crippen molar-refractivity contribution >= 4 is 5.69 Å². The van der Waals surface area contributed by atoms with Gasteiger partial charge in [0.05, 0.1) is 11.5 Å². The van der Waals surface area contributed by atoms with E-state index in [-0.39, 0.29) is 12.1 Å². The van der Waals surface area contributed by atoms with Gasteiger partial charge >= 0.3 is 5.69 Å². The van der Waals surface area contributed by atoms with E-state index in [2.05, 4.69) is 11.8 Å². The number of phenolic OH excluding ortho intramolecular Hbond substituents is 1. The predicted molar refractivity (Wildman–Crippen MR) is 50.7 cm³/mol. The normalized spacial score (nSPS) is 9.20. The minimum atomic E-state index is -1.08. The molecular formula is C9H7FN2O3. The number of nitro groups is 1. The Morgan fingerprint density at radius 1 is 1.60 bits per heavy atom. The lowest BCUT2D eigenvalue weighted by molar-refractivity contribution is -0.386. The van der Waals surface area contributed by atoms with Gasteiger partial charge in [-0.05, 0) is 6.07 Å². The van der Waals surface area contributed by atoms with E-state index in [0.29, 0.717) is 0 Å². The molecule has 0 amide bonds. The highest BCUT2D eigenvalue weighted by Gasteiger charge is 2.18. The molecule has 1 aromatic rings. The van der Waals surface area contributed by atoms with E-state index in [0.717, 1.165) is 12.1 Å². The maximum Gasteiger partial charge on any atom is 0.315 e. The molecule has 0 heterocycles. The Morgan fingerprint density at radius 3 is 2.80 bits per heavy atom. The minimum Gasteiger partial charge on any atom is -0.500 e. The number of halogens is 1. The second-order valence-electron chi connectivity index (χ2n) is 2.59. The Kier molecular flexibility index (Phi) is 3.21. The van der Waals surface area contributed by atoms with Gasteiger partial charge in [0.25, 0.3) is 0 Å². The predicted octanol–water partition coefficient (Wildman–Crippen LogP) is 0.750. The smallest absolute Gasteiger partial charge is 0.315 e. The number of aromatic hydroxyl groups is 1. The first kappa shape index (κ1) is 10.9. The number of hydrogen-bond acceptors (Lipinski definition) is 4. The van der Waals surface area contributed by atoms with Crippen LogP contribution in [0.3, 0.4) is 0 Å². The maximum atomic E-state index is 13.0. The molecule has 0 saturated carbocycles. The van der Waals surface area contributed by atoms with Crippen LogP contribution >= 0.6 is 0 Å². The number of nitrogens with two attached hydrogens (primary N) is 1. The molecular weight excluding hydrogens is 203 g/mol. The standard InChI is InChI=1S/C9H7FN2O3/c10-7-4-6(2-1-3-11)5-8(9(7)13)12(14)15/h4-5,13H,3,11H2. The van der Waals surface area contributed by atoms with Crippen LogP contribution in [0.15, 0.2) is 12.1 Å². The molecule has 0 aliphatic carbocycles. The average Bonchev–Trinajstić information content (AvgIpc) is 2.19. The van der Waals surface area contributed by atoms with Crippen molar-refractivity contribution in [2.75, 3.05) is 6.54 Å². The van der Waals surface area contributed by atoms with Gasteiger partial charge in [-0.15, -0.1) is 0 Å². The van der Waals surface area contributed by atoms with E-state index in [1.54, 1.807) is 0 Å². The van der Waals surface area contributed by atoms with E-state index in [1.165, 1.54) is 0 Å². The fourth-order valence-electron chi connectivity index (χ4n) is 0.949. The van der Waals surface area contributed by atoms with Crippen LogP contribution in [0.1, 0.15) is 5.56 Å². The molecule has 1 aromatic carbocycles. The summed E-state index contributed by atoms with van der Waals surface area (Å²) in [5, 5.41) is 19.4. The van der Waals surface area contributed by atoms with Crippen molar-refractivity contribution < 1.29 is 14.4 Å². The molecule has 3 N–H and O–H groups in total. The van der Waals surface area contributed by atoms with Gasteiger partial charge in [0.15, 0.2) is 5.82 Å². The summed E-state index contributed by atoms with van der Waals surface area (Å²) in [4.78, 5) is 9.52. The van der Waals surface area contributed by atoms with E-state index < -0.39 is 22.2 Å². The zero-order valence-electron chi connectivity index (χ0n) is 7.53. The third-order valence-electron chi connectivity index (χ3n) is 1.57. The number of phenols is 1. The zero-order chi connectivity index (χ0) is 11.4. The minimum absolute atomic E-state index is 0.0658. The van der Waals surface area contributed by atoms with Gasteiger partial charge in [-0.3, -0.25) is 10.1 Å². The summed E-state index contributed by atoms with van der Waals surface area (Å²) < 4.78 is 13.0. The Labute approximate surface area is 84.5 Å². The Morgan fingerprint density at radius 2 is 2.27 bits per heavy atom. The highest BCUT2D eigenvalue weighted by molar-refractivity contribution is 5.52. The lowest BCUT2D eigenvalue weighted by Crippen LogP contribution is -1.94. The van der Waals surface area contributed by atoms with Crippen molar-refractivity contribution in [1.29, 1.82) is 0 Å². The molecule has 0 aromatic heterocycles. The molecule has 0 fully saturated rings. The van der Waals surface area contributed by atoms with Crippen LogP contribution in [0.25, 0.3) is 0 Å². The highest BCUT2D eigenvalue weighted by atomic mass is 19.1. The lowest BCUT2D eigenvalue weighted by atomic mass is 10.2. The van der Waals surface area contributed by atoms with Crippen molar-refractivity contribution in [1.82, 2.24) is 0 Å². The van der Waals surface area contributed by atoms with E-state index >= 15 is 0 Å². The largest absolute Gasteiger partial charge is 0.500 e. The Bertz CT molecular complexity index is 462. The van der Waals surface area contributed by atoms with Gasteiger partial charge in [-0.2, -0.15) is 0 Å². The third-order valence-corrected chi connectivity index (χ3v) is 1.57. The molecule has 0 atom stereocenters. The molecule has 0 aliphatic heterocycles. The quantitative estimate of drug-likeness (QED) is 0.406. The Hall–Kier alpha value is -2.13. The SMILES string of the molecule is NCC#Cc1cc(F)c(O)c([N+](=O)[O-])c1. The fraction of sp³-hybridized carbons (Fsp3) is 0.111. The maximum absolute atomic E-state index is 13.0. The zero-order valence-corrected chi connectivity index (χ0v) is 7.53. The number of benzene rings is 1. The van der Waals surface area contributed by atoms with Crippen LogP contribution in [0.2, 0.25) is 0 Å². The molecule has 1 rings (SSSR count). The monoisotopic (exact) mass is 210 g/mol. The van der Waals surface area contributed by atoms with Crippen molar-refractivity contribution in [3.05, 3.63) is 33.6 Å². The van der Waals surface area contributed by atoms with Gasteiger partial charge in [-0.1, -0.05) is 11.8 Å². The van der Waals surface area contributed by atoms with Gasteiger partial charge < -0.3 is 10.8 Å². The summed E-state index contributed by atoms with van der Waals surface area (Å²) >= 11 is 0. The van der Waals surface area contributed by atoms with Gasteiger partial charge in [0.2, 0.25) is 5.75 Å². The molecule has 0 spiro atoms. The first-order valence-corrected chi connectivity index (χ1v) is 3.92. The first-order chi connectivity index (χ1) is 7.06. The van der Waals surface area contributed by atoms with Gasteiger partial charge in [-0.25, -0.2) is 4.39 Å². The van der Waals surface area contributed by atoms with E-state index in [9.17, 15) is 14.5 Å². The van der Waals surface area contributed by atoms with E-state index in [4.69, 9.17) is 10.8 Å².